The van der Waals surface area contributed by atoms with Gasteiger partial charge in [0.1, 0.15) is 0 Å². The lowest BCUT2D eigenvalue weighted by Gasteiger charge is -2.40. The Bertz CT molecular complexity index is 424. The molecule has 19 heavy (non-hydrogen) atoms. The van der Waals surface area contributed by atoms with Gasteiger partial charge in [0.15, 0.2) is 0 Å². The maximum atomic E-state index is 12.1. The molecule has 8 heteroatoms. The average molecular weight is 292 g/mol. The van der Waals surface area contributed by atoms with E-state index in [2.05, 4.69) is 0 Å². The molecule has 0 radical (unpaired) electrons. The second kappa shape index (κ2) is 5.74. The number of β-amino-alcohol motifs (C(OH)–C–C–N with tert-alkyl or cyclic N) is 1. The summed E-state index contributed by atoms with van der Waals surface area (Å²) in [5, 5.41) is 9.17. The quantitative estimate of drug-likeness (QED) is 0.684. The zero-order chi connectivity index (χ0) is 14.0. The SMILES string of the molecule is CCOC(=O)C1CCN(S(=O)(=O)N2CC(O)C2)CC1. The molecule has 2 fully saturated rings. The molecule has 0 bridgehead atoms. The van der Waals surface area contributed by atoms with Gasteiger partial charge in [-0.1, -0.05) is 0 Å². The Morgan fingerprint density at radius 3 is 2.32 bits per heavy atom. The van der Waals surface area contributed by atoms with Gasteiger partial charge in [-0.2, -0.15) is 17.0 Å². The number of carbonyl (C=O) groups excluding carboxylic acids is 1. The van der Waals surface area contributed by atoms with Crippen LogP contribution < -0.4 is 0 Å². The highest BCUT2D eigenvalue weighted by Gasteiger charge is 2.40. The fourth-order valence-electron chi connectivity index (χ4n) is 2.35. The van der Waals surface area contributed by atoms with Crippen LogP contribution >= 0.6 is 0 Å². The summed E-state index contributed by atoms with van der Waals surface area (Å²) in [7, 11) is -3.47. The van der Waals surface area contributed by atoms with Gasteiger partial charge in [0.05, 0.1) is 18.6 Å². The lowest BCUT2D eigenvalue weighted by atomic mass is 9.98. The number of ether oxygens (including phenoxy) is 1. The first-order chi connectivity index (χ1) is 8.95. The third-order valence-electron chi connectivity index (χ3n) is 3.56. The Labute approximate surface area is 113 Å². The lowest BCUT2D eigenvalue weighted by molar-refractivity contribution is -0.149. The van der Waals surface area contributed by atoms with Gasteiger partial charge in [-0.15, -0.1) is 0 Å². The molecule has 0 spiro atoms. The number of aliphatic hydroxyl groups is 1. The normalized spacial score (nSPS) is 24.1. The standard InChI is InChI=1S/C11H20N2O5S/c1-2-18-11(15)9-3-5-12(6-4-9)19(16,17)13-7-10(14)8-13/h9-10,14H,2-8H2,1H3. The molecular formula is C11H20N2O5S. The molecule has 0 unspecified atom stereocenters. The van der Waals surface area contributed by atoms with Crippen molar-refractivity contribution in [3.8, 4) is 0 Å². The summed E-state index contributed by atoms with van der Waals surface area (Å²) in [4.78, 5) is 11.6. The van der Waals surface area contributed by atoms with Crippen LogP contribution in [0.3, 0.4) is 0 Å². The molecule has 0 aromatic heterocycles. The number of nitrogens with zero attached hydrogens (tertiary/aromatic N) is 2. The van der Waals surface area contributed by atoms with E-state index in [1.54, 1.807) is 6.92 Å². The summed E-state index contributed by atoms with van der Waals surface area (Å²) in [5.74, 6) is -0.438. The van der Waals surface area contributed by atoms with E-state index in [9.17, 15) is 13.2 Å². The van der Waals surface area contributed by atoms with E-state index >= 15 is 0 Å². The molecule has 0 saturated carbocycles. The Morgan fingerprint density at radius 2 is 1.84 bits per heavy atom. The lowest BCUT2D eigenvalue weighted by Crippen LogP contribution is -2.58. The monoisotopic (exact) mass is 292 g/mol. The third-order valence-corrected chi connectivity index (χ3v) is 5.52. The van der Waals surface area contributed by atoms with Crippen LogP contribution in [0.1, 0.15) is 19.8 Å². The van der Waals surface area contributed by atoms with Crippen molar-refractivity contribution in [2.45, 2.75) is 25.9 Å². The predicted octanol–water partition coefficient (Wildman–Crippen LogP) is -0.817. The molecule has 0 aromatic rings. The minimum atomic E-state index is -3.47. The van der Waals surface area contributed by atoms with Crippen LogP contribution in [-0.4, -0.2) is 67.0 Å². The van der Waals surface area contributed by atoms with Gasteiger partial charge in [-0.3, -0.25) is 4.79 Å². The highest BCUT2D eigenvalue weighted by Crippen LogP contribution is 2.24. The van der Waals surface area contributed by atoms with Crippen molar-refractivity contribution < 1.29 is 23.1 Å². The van der Waals surface area contributed by atoms with Gasteiger partial charge in [0.2, 0.25) is 0 Å². The van der Waals surface area contributed by atoms with Crippen LogP contribution in [-0.2, 0) is 19.7 Å². The van der Waals surface area contributed by atoms with Crippen molar-refractivity contribution in [1.82, 2.24) is 8.61 Å². The minimum Gasteiger partial charge on any atom is -0.466 e. The summed E-state index contributed by atoms with van der Waals surface area (Å²) >= 11 is 0. The van der Waals surface area contributed by atoms with Gasteiger partial charge >= 0.3 is 5.97 Å². The highest BCUT2D eigenvalue weighted by atomic mass is 32.2. The molecule has 0 aromatic carbocycles. The first kappa shape index (κ1) is 14.7. The molecule has 0 amide bonds. The molecule has 2 rings (SSSR count). The minimum absolute atomic E-state index is 0.167. The van der Waals surface area contributed by atoms with Crippen LogP contribution in [0.5, 0.6) is 0 Å². The van der Waals surface area contributed by atoms with Crippen molar-refractivity contribution in [3.63, 3.8) is 0 Å². The summed E-state index contributed by atoms with van der Waals surface area (Å²) in [6, 6.07) is 0. The maximum Gasteiger partial charge on any atom is 0.309 e. The fourth-order valence-corrected chi connectivity index (χ4v) is 4.07. The molecular weight excluding hydrogens is 272 g/mol. The summed E-state index contributed by atoms with van der Waals surface area (Å²) in [5.41, 5.74) is 0. The van der Waals surface area contributed by atoms with Gasteiger partial charge in [0, 0.05) is 26.2 Å². The van der Waals surface area contributed by atoms with Crippen molar-refractivity contribution >= 4 is 16.2 Å². The number of piperidine rings is 1. The zero-order valence-electron chi connectivity index (χ0n) is 11.0. The number of hydrogen-bond donors (Lipinski definition) is 1. The average Bonchev–Trinajstić information content (AvgIpc) is 2.35. The first-order valence-corrected chi connectivity index (χ1v) is 7.94. The van der Waals surface area contributed by atoms with E-state index in [0.29, 0.717) is 32.5 Å². The number of hydrogen-bond acceptors (Lipinski definition) is 5. The van der Waals surface area contributed by atoms with Gasteiger partial charge in [-0.05, 0) is 19.8 Å². The number of aliphatic hydroxyl groups excluding tert-OH is 1. The number of esters is 1. The van der Waals surface area contributed by atoms with E-state index in [4.69, 9.17) is 9.84 Å². The molecule has 2 heterocycles. The maximum absolute atomic E-state index is 12.1. The molecule has 0 aliphatic carbocycles. The first-order valence-electron chi connectivity index (χ1n) is 6.55. The van der Waals surface area contributed by atoms with Gasteiger partial charge in [-0.25, -0.2) is 0 Å². The van der Waals surface area contributed by atoms with Crippen molar-refractivity contribution in [2.24, 2.45) is 5.92 Å². The zero-order valence-corrected chi connectivity index (χ0v) is 11.8. The third kappa shape index (κ3) is 3.07. The van der Waals surface area contributed by atoms with E-state index in [0.717, 1.165) is 0 Å². The Morgan fingerprint density at radius 1 is 1.26 bits per heavy atom. The molecule has 7 nitrogen and oxygen atoms in total. The second-order valence-electron chi connectivity index (χ2n) is 4.90. The van der Waals surface area contributed by atoms with Crippen LogP contribution in [0.25, 0.3) is 0 Å². The molecule has 110 valence electrons. The molecule has 1 N–H and O–H groups in total. The van der Waals surface area contributed by atoms with Crippen molar-refractivity contribution in [3.05, 3.63) is 0 Å². The van der Waals surface area contributed by atoms with Gasteiger partial charge in [0.25, 0.3) is 10.2 Å². The topological polar surface area (TPSA) is 87.2 Å². The Hall–Kier alpha value is -0.700. The Balaban J connectivity index is 1.87. The van der Waals surface area contributed by atoms with E-state index in [1.807, 2.05) is 0 Å². The number of carbonyl (C=O) groups is 1. The predicted molar refractivity (Wildman–Crippen MR) is 67.4 cm³/mol. The highest BCUT2D eigenvalue weighted by molar-refractivity contribution is 7.86. The molecule has 2 aliphatic rings. The number of rotatable bonds is 4. The molecule has 0 atom stereocenters. The van der Waals surface area contributed by atoms with E-state index < -0.39 is 16.3 Å². The molecule has 2 saturated heterocycles. The summed E-state index contributed by atoms with van der Waals surface area (Å²) in [6.07, 6.45) is 0.440. The van der Waals surface area contributed by atoms with E-state index in [-0.39, 0.29) is 25.0 Å². The van der Waals surface area contributed by atoms with Gasteiger partial charge < -0.3 is 9.84 Å². The second-order valence-corrected chi connectivity index (χ2v) is 6.83. The smallest absolute Gasteiger partial charge is 0.309 e. The Kier molecular flexibility index (Phi) is 4.44. The van der Waals surface area contributed by atoms with Crippen molar-refractivity contribution in [1.29, 1.82) is 0 Å². The summed E-state index contributed by atoms with van der Waals surface area (Å²) < 4.78 is 31.9. The molecule has 2 aliphatic heterocycles. The van der Waals surface area contributed by atoms with E-state index in [1.165, 1.54) is 8.61 Å². The largest absolute Gasteiger partial charge is 0.466 e. The van der Waals surface area contributed by atoms with Crippen LogP contribution in [0.15, 0.2) is 0 Å². The fraction of sp³-hybridized carbons (Fsp3) is 0.909. The summed E-state index contributed by atoms with van der Waals surface area (Å²) in [6.45, 7) is 3.10. The van der Waals surface area contributed by atoms with Crippen LogP contribution in [0, 0.1) is 5.92 Å². The van der Waals surface area contributed by atoms with Crippen LogP contribution in [0.4, 0.5) is 0 Å². The van der Waals surface area contributed by atoms with Crippen LogP contribution in [0.2, 0.25) is 0 Å². The van der Waals surface area contributed by atoms with Crippen molar-refractivity contribution in [2.75, 3.05) is 32.8 Å².